The van der Waals surface area contributed by atoms with Crippen molar-refractivity contribution in [2.75, 3.05) is 39.3 Å². The molecule has 0 spiro atoms. The Kier molecular flexibility index (Phi) is 8.10. The van der Waals surface area contributed by atoms with Crippen LogP contribution in [0.3, 0.4) is 0 Å². The number of thioether (sulfide) groups is 1. The molecule has 1 saturated carbocycles. The van der Waals surface area contributed by atoms with E-state index < -0.39 is 30.7 Å². The number of pyridine rings is 1. The fraction of sp³-hybridized carbons (Fsp3) is 0.529. The highest BCUT2D eigenvalue weighted by Gasteiger charge is 2.22. The number of nitrogens with zero attached hydrogens (tertiary/aromatic N) is 6. The molecule has 2 fully saturated rings. The van der Waals surface area contributed by atoms with Gasteiger partial charge in [0.15, 0.2) is 17.6 Å². The molecule has 0 bridgehead atoms. The first-order valence-corrected chi connectivity index (χ1v) is 15.5. The lowest BCUT2D eigenvalue weighted by Crippen LogP contribution is -2.48. The number of ether oxygens (including phenoxy) is 2. The van der Waals surface area contributed by atoms with Crippen molar-refractivity contribution in [3.05, 3.63) is 59.7 Å². The van der Waals surface area contributed by atoms with Gasteiger partial charge in [-0.15, -0.1) is 10.2 Å². The van der Waals surface area contributed by atoms with Crippen LogP contribution >= 0.6 is 11.8 Å². The molecule has 0 unspecified atom stereocenters. The van der Waals surface area contributed by atoms with Gasteiger partial charge >= 0.3 is 5.97 Å². The summed E-state index contributed by atoms with van der Waals surface area (Å²) in [5.74, 6) is 6.29. The Morgan fingerprint density at radius 1 is 1.18 bits per heavy atom. The van der Waals surface area contributed by atoms with E-state index >= 15 is 0 Å². The standard InChI is InChI=1S/C34H44N6O3S/c1-26(2)39-20-18-38(19-21-39)17-7-13-33(41)42-22-8-9-28-14-15-30(23-27(28)3)43-25-32-36-37-34(44-31-11-4-5-12-31)40(32)29-10-6-16-35-24-29/h6,10,14-16,23-24,26,31H,4-5,7,11-13,17-22,25H2,1-3H3/i4D2,5D2,11D2,12D2,31D. The van der Waals surface area contributed by atoms with Crippen molar-refractivity contribution < 1.29 is 26.6 Å². The Hall–Kier alpha value is -3.39. The number of benzene rings is 1. The minimum absolute atomic E-state index is 0.0220. The van der Waals surface area contributed by atoms with Gasteiger partial charge in [0.2, 0.25) is 0 Å². The molecule has 0 N–H and O–H groups in total. The summed E-state index contributed by atoms with van der Waals surface area (Å²) < 4.78 is 88.0. The van der Waals surface area contributed by atoms with Crippen LogP contribution in [0.15, 0.2) is 47.9 Å². The summed E-state index contributed by atoms with van der Waals surface area (Å²) in [6, 6.07) is 9.05. The minimum atomic E-state index is -3.34. The number of esters is 1. The fourth-order valence-corrected chi connectivity index (χ4v) is 5.61. The number of rotatable bonds is 12. The second kappa shape index (κ2) is 16.1. The predicted octanol–water partition coefficient (Wildman–Crippen LogP) is 5.29. The average Bonchev–Trinajstić information content (AvgIpc) is 3.53. The Labute approximate surface area is 278 Å². The van der Waals surface area contributed by atoms with Crippen molar-refractivity contribution in [2.24, 2.45) is 0 Å². The quantitative estimate of drug-likeness (QED) is 0.197. The summed E-state index contributed by atoms with van der Waals surface area (Å²) in [6.45, 7) is 11.1. The third-order valence-corrected chi connectivity index (χ3v) is 8.15. The Morgan fingerprint density at radius 3 is 2.73 bits per heavy atom. The summed E-state index contributed by atoms with van der Waals surface area (Å²) >= 11 is 0.255. The highest BCUT2D eigenvalue weighted by atomic mass is 32.2. The molecule has 44 heavy (non-hydrogen) atoms. The van der Waals surface area contributed by atoms with Crippen molar-refractivity contribution in [1.82, 2.24) is 29.5 Å². The minimum Gasteiger partial charge on any atom is -0.486 e. The van der Waals surface area contributed by atoms with Crippen LogP contribution in [0.5, 0.6) is 5.75 Å². The first-order valence-electron chi connectivity index (χ1n) is 19.2. The van der Waals surface area contributed by atoms with Crippen LogP contribution in [0, 0.1) is 18.8 Å². The van der Waals surface area contributed by atoms with E-state index in [1.54, 1.807) is 30.3 Å². The molecule has 5 rings (SSSR count). The Balaban J connectivity index is 1.20. The molecular weight excluding hydrogens is 572 g/mol. The second-order valence-corrected chi connectivity index (χ2v) is 11.7. The zero-order chi connectivity index (χ0) is 38.8. The smallest absolute Gasteiger partial charge is 0.306 e. The predicted molar refractivity (Wildman–Crippen MR) is 173 cm³/mol. The second-order valence-electron chi connectivity index (χ2n) is 10.7. The molecule has 1 aliphatic carbocycles. The highest BCUT2D eigenvalue weighted by molar-refractivity contribution is 7.99. The number of piperazine rings is 1. The lowest BCUT2D eigenvalue weighted by atomic mass is 10.1. The van der Waals surface area contributed by atoms with E-state index in [1.165, 1.54) is 17.0 Å². The van der Waals surface area contributed by atoms with Crippen molar-refractivity contribution in [3.8, 4) is 23.3 Å². The Morgan fingerprint density at radius 2 is 2.00 bits per heavy atom. The van der Waals surface area contributed by atoms with Gasteiger partial charge in [-0.2, -0.15) is 0 Å². The number of hydrogen-bond donors (Lipinski definition) is 0. The molecule has 10 heteroatoms. The van der Waals surface area contributed by atoms with E-state index in [2.05, 4.69) is 50.7 Å². The molecule has 0 amide bonds. The number of hydrogen-bond acceptors (Lipinski definition) is 9. The van der Waals surface area contributed by atoms with Gasteiger partial charge in [0.05, 0.1) is 11.9 Å². The monoisotopic (exact) mass is 625 g/mol. The molecule has 3 aromatic rings. The molecule has 0 atom stereocenters. The zero-order valence-electron chi connectivity index (χ0n) is 34.3. The van der Waals surface area contributed by atoms with Crippen LogP contribution in [0.4, 0.5) is 0 Å². The van der Waals surface area contributed by atoms with Gasteiger partial charge in [-0.25, -0.2) is 0 Å². The first kappa shape index (κ1) is 22.2. The van der Waals surface area contributed by atoms with E-state index in [0.29, 0.717) is 29.5 Å². The van der Waals surface area contributed by atoms with Crippen LogP contribution in [0.1, 0.15) is 81.5 Å². The Bertz CT molecular complexity index is 1800. The van der Waals surface area contributed by atoms with E-state index in [4.69, 9.17) is 21.8 Å². The van der Waals surface area contributed by atoms with Gasteiger partial charge in [-0.3, -0.25) is 19.2 Å². The maximum atomic E-state index is 12.2. The van der Waals surface area contributed by atoms with Gasteiger partial charge in [-0.1, -0.05) is 36.3 Å². The topological polar surface area (TPSA) is 85.6 Å². The maximum Gasteiger partial charge on any atom is 0.306 e. The number of aromatic nitrogens is 4. The number of carbonyl (C=O) groups excluding carboxylic acids is 1. The van der Waals surface area contributed by atoms with Crippen LogP contribution in [0.25, 0.3) is 5.69 Å². The van der Waals surface area contributed by atoms with Gasteiger partial charge < -0.3 is 14.4 Å². The fourth-order valence-electron chi connectivity index (χ4n) is 4.84. The first-order chi connectivity index (χ1) is 24.8. The van der Waals surface area contributed by atoms with Crippen molar-refractivity contribution >= 4 is 17.7 Å². The third kappa shape index (κ3) is 9.07. The lowest BCUT2D eigenvalue weighted by Gasteiger charge is -2.36. The van der Waals surface area contributed by atoms with Crippen LogP contribution in [-0.4, -0.2) is 86.1 Å². The highest BCUT2D eigenvalue weighted by Crippen LogP contribution is 2.35. The summed E-state index contributed by atoms with van der Waals surface area (Å²) in [5.41, 5.74) is 1.90. The molecule has 1 aliphatic heterocycles. The van der Waals surface area contributed by atoms with Crippen molar-refractivity contribution in [3.63, 3.8) is 0 Å². The molecular formula is C34H44N6O3S. The molecule has 9 nitrogen and oxygen atoms in total. The zero-order valence-corrected chi connectivity index (χ0v) is 26.1. The maximum absolute atomic E-state index is 12.2. The van der Waals surface area contributed by atoms with E-state index in [-0.39, 0.29) is 41.9 Å². The summed E-state index contributed by atoms with van der Waals surface area (Å²) in [7, 11) is 0. The van der Waals surface area contributed by atoms with E-state index in [9.17, 15) is 4.79 Å². The average molecular weight is 626 g/mol. The molecule has 1 aromatic carbocycles. The SMILES string of the molecule is [2H]C1([2H])C([2H])([2H])C([2H])([2H])C([2H])(Sc2nnc(COc3ccc(C#CCOC(=O)CCCN4CCN(C(C)C)CC4)c(C)c3)n2-c2cccnc2)C1([2H])[2H]. The molecule has 0 radical (unpaired) electrons. The molecule has 3 heterocycles. The molecule has 2 aliphatic rings. The summed E-state index contributed by atoms with van der Waals surface area (Å²) in [4.78, 5) is 21.2. The third-order valence-electron chi connectivity index (χ3n) is 7.30. The van der Waals surface area contributed by atoms with Crippen LogP contribution in [0.2, 0.25) is 0 Å². The summed E-state index contributed by atoms with van der Waals surface area (Å²) in [6.07, 6.45) is -9.20. The number of carbonyl (C=O) groups is 1. The van der Waals surface area contributed by atoms with Crippen molar-refractivity contribution in [2.45, 2.75) is 82.1 Å². The molecule has 234 valence electrons. The molecule has 1 saturated heterocycles. The van der Waals surface area contributed by atoms with Gasteiger partial charge in [0.25, 0.3) is 0 Å². The largest absolute Gasteiger partial charge is 0.486 e. The van der Waals surface area contributed by atoms with Crippen molar-refractivity contribution in [1.29, 1.82) is 0 Å². The number of aryl methyl sites for hydroxylation is 1. The normalized spacial score (nSPS) is 24.5. The lowest BCUT2D eigenvalue weighted by molar-refractivity contribution is -0.142. The molecule has 2 aromatic heterocycles. The van der Waals surface area contributed by atoms with Crippen LogP contribution in [-0.2, 0) is 16.1 Å². The van der Waals surface area contributed by atoms with E-state index in [1.807, 2.05) is 6.92 Å². The van der Waals surface area contributed by atoms with Crippen LogP contribution < -0.4 is 4.74 Å². The van der Waals surface area contributed by atoms with Gasteiger partial charge in [-0.05, 0) is 82.4 Å². The van der Waals surface area contributed by atoms with Gasteiger partial charge in [0, 0.05) is 68.0 Å². The van der Waals surface area contributed by atoms with E-state index in [0.717, 1.165) is 44.7 Å². The van der Waals surface area contributed by atoms with Gasteiger partial charge in [0.1, 0.15) is 12.4 Å². The summed E-state index contributed by atoms with van der Waals surface area (Å²) in [5, 5.41) is 5.07.